The van der Waals surface area contributed by atoms with Crippen molar-refractivity contribution in [3.63, 3.8) is 0 Å². The first-order chi connectivity index (χ1) is 12.2. The molecule has 1 aliphatic heterocycles. The number of carbonyl (C=O) groups excluding carboxylic acids is 2. The number of ether oxygens (including phenoxy) is 2. The first-order valence-corrected chi connectivity index (χ1v) is 8.77. The predicted molar refractivity (Wildman–Crippen MR) is 94.8 cm³/mol. The SMILES string of the molecule is CCCOc1cccc(C(=O)NCC(=O)NCCN2CCOCC2)c1. The molecule has 7 nitrogen and oxygen atoms in total. The molecule has 1 heterocycles. The van der Waals surface area contributed by atoms with Gasteiger partial charge in [0.15, 0.2) is 0 Å². The number of carbonyl (C=O) groups is 2. The van der Waals surface area contributed by atoms with Gasteiger partial charge in [0, 0.05) is 31.7 Å². The zero-order chi connectivity index (χ0) is 17.9. The molecule has 2 N–H and O–H groups in total. The number of hydrogen-bond acceptors (Lipinski definition) is 5. The van der Waals surface area contributed by atoms with Gasteiger partial charge in [-0.15, -0.1) is 0 Å². The summed E-state index contributed by atoms with van der Waals surface area (Å²) in [4.78, 5) is 26.2. The molecule has 1 aromatic carbocycles. The summed E-state index contributed by atoms with van der Waals surface area (Å²) in [6.07, 6.45) is 0.904. The van der Waals surface area contributed by atoms with Gasteiger partial charge in [0.1, 0.15) is 5.75 Å². The van der Waals surface area contributed by atoms with Crippen LogP contribution in [0, 0.1) is 0 Å². The summed E-state index contributed by atoms with van der Waals surface area (Å²) in [5.74, 6) is 0.176. The van der Waals surface area contributed by atoms with Crippen LogP contribution < -0.4 is 15.4 Å². The number of benzene rings is 1. The Kier molecular flexibility index (Phi) is 8.21. The van der Waals surface area contributed by atoms with Gasteiger partial charge < -0.3 is 20.1 Å². The fraction of sp³-hybridized carbons (Fsp3) is 0.556. The van der Waals surface area contributed by atoms with Crippen LogP contribution in [-0.4, -0.2) is 69.3 Å². The number of morpholine rings is 1. The average molecular weight is 349 g/mol. The monoisotopic (exact) mass is 349 g/mol. The molecule has 7 heteroatoms. The number of nitrogens with one attached hydrogen (secondary N) is 2. The van der Waals surface area contributed by atoms with Crippen LogP contribution in [0.25, 0.3) is 0 Å². The van der Waals surface area contributed by atoms with Crippen molar-refractivity contribution in [2.45, 2.75) is 13.3 Å². The topological polar surface area (TPSA) is 79.9 Å². The highest BCUT2D eigenvalue weighted by atomic mass is 16.5. The van der Waals surface area contributed by atoms with E-state index >= 15 is 0 Å². The molecule has 138 valence electrons. The maximum Gasteiger partial charge on any atom is 0.251 e. The highest BCUT2D eigenvalue weighted by Gasteiger charge is 2.11. The summed E-state index contributed by atoms with van der Waals surface area (Å²) in [5.41, 5.74) is 0.481. The second-order valence-corrected chi connectivity index (χ2v) is 5.86. The van der Waals surface area contributed by atoms with E-state index in [9.17, 15) is 9.59 Å². The Morgan fingerprint density at radius 2 is 2.04 bits per heavy atom. The molecule has 2 rings (SSSR count). The van der Waals surface area contributed by atoms with Crippen LogP contribution in [0.5, 0.6) is 5.75 Å². The van der Waals surface area contributed by atoms with Crippen LogP contribution in [-0.2, 0) is 9.53 Å². The van der Waals surface area contributed by atoms with Crippen molar-refractivity contribution in [2.75, 3.05) is 52.5 Å². The molecule has 0 aliphatic carbocycles. The molecule has 1 fully saturated rings. The largest absolute Gasteiger partial charge is 0.494 e. The molecule has 0 atom stereocenters. The Labute approximate surface area is 148 Å². The minimum absolute atomic E-state index is 0.0397. The summed E-state index contributed by atoms with van der Waals surface area (Å²) in [7, 11) is 0. The smallest absolute Gasteiger partial charge is 0.251 e. The van der Waals surface area contributed by atoms with E-state index in [-0.39, 0.29) is 18.4 Å². The lowest BCUT2D eigenvalue weighted by molar-refractivity contribution is -0.120. The van der Waals surface area contributed by atoms with Gasteiger partial charge in [0.05, 0.1) is 26.4 Å². The van der Waals surface area contributed by atoms with Crippen LogP contribution in [0.1, 0.15) is 23.7 Å². The first kappa shape index (κ1) is 19.2. The van der Waals surface area contributed by atoms with Gasteiger partial charge in [-0.3, -0.25) is 14.5 Å². The first-order valence-electron chi connectivity index (χ1n) is 8.77. The van der Waals surface area contributed by atoms with E-state index in [1.54, 1.807) is 18.2 Å². The van der Waals surface area contributed by atoms with Crippen LogP contribution in [0.4, 0.5) is 0 Å². The number of hydrogen-bond donors (Lipinski definition) is 2. The lowest BCUT2D eigenvalue weighted by Crippen LogP contribution is -2.43. The molecule has 1 aromatic rings. The van der Waals surface area contributed by atoms with Gasteiger partial charge in [0.2, 0.25) is 5.91 Å². The Hall–Kier alpha value is -2.12. The van der Waals surface area contributed by atoms with E-state index in [0.717, 1.165) is 39.3 Å². The quantitative estimate of drug-likeness (QED) is 0.684. The Balaban J connectivity index is 1.67. The van der Waals surface area contributed by atoms with E-state index in [1.165, 1.54) is 0 Å². The second-order valence-electron chi connectivity index (χ2n) is 5.86. The van der Waals surface area contributed by atoms with Crippen molar-refractivity contribution >= 4 is 11.8 Å². The normalized spacial score (nSPS) is 14.8. The lowest BCUT2D eigenvalue weighted by atomic mass is 10.2. The van der Waals surface area contributed by atoms with Gasteiger partial charge in [-0.05, 0) is 24.6 Å². The van der Waals surface area contributed by atoms with E-state index in [2.05, 4.69) is 15.5 Å². The fourth-order valence-corrected chi connectivity index (χ4v) is 2.45. The standard InChI is InChI=1S/C18H27N3O4/c1-2-10-25-16-5-3-4-15(13-16)18(23)20-14-17(22)19-6-7-21-8-11-24-12-9-21/h3-5,13H,2,6-12,14H2,1H3,(H,19,22)(H,20,23). The molecule has 1 aliphatic rings. The van der Waals surface area contributed by atoms with Crippen LogP contribution in [0.3, 0.4) is 0 Å². The number of nitrogens with zero attached hydrogens (tertiary/aromatic N) is 1. The summed E-state index contributed by atoms with van der Waals surface area (Å²) in [5, 5.41) is 5.45. The van der Waals surface area contributed by atoms with Gasteiger partial charge in [-0.1, -0.05) is 13.0 Å². The molecule has 0 unspecified atom stereocenters. The van der Waals surface area contributed by atoms with Crippen LogP contribution in [0.15, 0.2) is 24.3 Å². The van der Waals surface area contributed by atoms with E-state index in [0.29, 0.717) is 24.5 Å². The Morgan fingerprint density at radius 3 is 2.80 bits per heavy atom. The molecule has 2 amide bonds. The van der Waals surface area contributed by atoms with Gasteiger partial charge >= 0.3 is 0 Å². The molecule has 0 bridgehead atoms. The summed E-state index contributed by atoms with van der Waals surface area (Å²) >= 11 is 0. The Bertz CT molecular complexity index is 559. The molecule has 0 spiro atoms. The van der Waals surface area contributed by atoms with E-state index in [1.807, 2.05) is 13.0 Å². The highest BCUT2D eigenvalue weighted by molar-refractivity contribution is 5.96. The second kappa shape index (κ2) is 10.7. The zero-order valence-corrected chi connectivity index (χ0v) is 14.8. The van der Waals surface area contributed by atoms with Gasteiger partial charge in [0.25, 0.3) is 5.91 Å². The average Bonchev–Trinajstić information content (AvgIpc) is 2.65. The number of amides is 2. The highest BCUT2D eigenvalue weighted by Crippen LogP contribution is 2.13. The third-order valence-electron chi connectivity index (χ3n) is 3.83. The molecular formula is C18H27N3O4. The van der Waals surface area contributed by atoms with Gasteiger partial charge in [-0.2, -0.15) is 0 Å². The van der Waals surface area contributed by atoms with Crippen LogP contribution >= 0.6 is 0 Å². The van der Waals surface area contributed by atoms with Crippen molar-refractivity contribution in [3.8, 4) is 5.75 Å². The summed E-state index contributed by atoms with van der Waals surface area (Å²) in [6, 6.07) is 6.96. The maximum absolute atomic E-state index is 12.1. The van der Waals surface area contributed by atoms with Gasteiger partial charge in [-0.25, -0.2) is 0 Å². The lowest BCUT2D eigenvalue weighted by Gasteiger charge is -2.26. The predicted octanol–water partition coefficient (Wildman–Crippen LogP) is 0.654. The molecule has 1 saturated heterocycles. The Morgan fingerprint density at radius 1 is 1.24 bits per heavy atom. The third kappa shape index (κ3) is 7.11. The maximum atomic E-state index is 12.1. The molecular weight excluding hydrogens is 322 g/mol. The molecule has 0 radical (unpaired) electrons. The van der Waals surface area contributed by atoms with E-state index in [4.69, 9.17) is 9.47 Å². The van der Waals surface area contributed by atoms with Crippen molar-refractivity contribution in [2.24, 2.45) is 0 Å². The molecule has 0 saturated carbocycles. The zero-order valence-electron chi connectivity index (χ0n) is 14.8. The van der Waals surface area contributed by atoms with Crippen molar-refractivity contribution < 1.29 is 19.1 Å². The molecule has 0 aromatic heterocycles. The van der Waals surface area contributed by atoms with Crippen molar-refractivity contribution in [1.82, 2.24) is 15.5 Å². The number of rotatable bonds is 9. The molecule has 25 heavy (non-hydrogen) atoms. The summed E-state index contributed by atoms with van der Waals surface area (Å²) < 4.78 is 10.8. The minimum Gasteiger partial charge on any atom is -0.494 e. The minimum atomic E-state index is -0.287. The van der Waals surface area contributed by atoms with E-state index < -0.39 is 0 Å². The summed E-state index contributed by atoms with van der Waals surface area (Å²) in [6.45, 7) is 7.21. The van der Waals surface area contributed by atoms with Crippen LogP contribution in [0.2, 0.25) is 0 Å². The van der Waals surface area contributed by atoms with Crippen molar-refractivity contribution in [3.05, 3.63) is 29.8 Å². The third-order valence-corrected chi connectivity index (χ3v) is 3.83. The van der Waals surface area contributed by atoms with Crippen molar-refractivity contribution in [1.29, 1.82) is 0 Å². The fourth-order valence-electron chi connectivity index (χ4n) is 2.45.